The number of amides is 2. The van der Waals surface area contributed by atoms with Crippen LogP contribution in [0.4, 0.5) is 11.4 Å². The number of ether oxygens (including phenoxy) is 1. The van der Waals surface area contributed by atoms with Crippen LogP contribution >= 0.6 is 0 Å². The molecule has 0 spiro atoms. The van der Waals surface area contributed by atoms with Crippen molar-refractivity contribution in [2.75, 3.05) is 17.2 Å². The summed E-state index contributed by atoms with van der Waals surface area (Å²) in [5, 5.41) is 6.79. The molecule has 1 aliphatic rings. The van der Waals surface area contributed by atoms with Crippen molar-refractivity contribution in [1.29, 1.82) is 0 Å². The molecule has 1 aliphatic heterocycles. The molecular weight excluding hydrogens is 342 g/mol. The SMILES string of the molecule is CCn1ccc2cc(NC(=O)COc3ccc4c(c3)CCC(=O)N4)ccc21. The number of benzene rings is 2. The smallest absolute Gasteiger partial charge is 0.262 e. The predicted octanol–water partition coefficient (Wildman–Crippen LogP) is 3.56. The minimum absolute atomic E-state index is 0.0294. The minimum Gasteiger partial charge on any atom is -0.484 e. The molecule has 2 heterocycles. The number of aromatic nitrogens is 1. The molecule has 6 heteroatoms. The highest BCUT2D eigenvalue weighted by Crippen LogP contribution is 2.27. The molecule has 3 aromatic rings. The zero-order valence-corrected chi connectivity index (χ0v) is 15.1. The maximum atomic E-state index is 12.2. The van der Waals surface area contributed by atoms with Gasteiger partial charge in [0.25, 0.3) is 5.91 Å². The van der Waals surface area contributed by atoms with Crippen LogP contribution in [0.15, 0.2) is 48.7 Å². The molecule has 27 heavy (non-hydrogen) atoms. The molecule has 1 aromatic heterocycles. The fraction of sp³-hybridized carbons (Fsp3) is 0.238. The molecule has 0 saturated heterocycles. The van der Waals surface area contributed by atoms with Crippen molar-refractivity contribution in [3.05, 3.63) is 54.2 Å². The number of aryl methyl sites for hydroxylation is 2. The van der Waals surface area contributed by atoms with Gasteiger partial charge >= 0.3 is 0 Å². The van der Waals surface area contributed by atoms with Crippen molar-refractivity contribution < 1.29 is 14.3 Å². The zero-order valence-electron chi connectivity index (χ0n) is 15.1. The quantitative estimate of drug-likeness (QED) is 0.728. The summed E-state index contributed by atoms with van der Waals surface area (Å²) in [4.78, 5) is 23.6. The molecule has 0 bridgehead atoms. The van der Waals surface area contributed by atoms with Gasteiger partial charge in [-0.15, -0.1) is 0 Å². The van der Waals surface area contributed by atoms with Crippen molar-refractivity contribution in [2.24, 2.45) is 0 Å². The predicted molar refractivity (Wildman–Crippen MR) is 105 cm³/mol. The molecule has 4 rings (SSSR count). The van der Waals surface area contributed by atoms with Gasteiger partial charge in [-0.2, -0.15) is 0 Å². The molecule has 2 amide bonds. The number of anilines is 2. The van der Waals surface area contributed by atoms with E-state index in [4.69, 9.17) is 4.74 Å². The van der Waals surface area contributed by atoms with E-state index in [0.717, 1.165) is 34.4 Å². The van der Waals surface area contributed by atoms with E-state index in [9.17, 15) is 9.59 Å². The average Bonchev–Trinajstić information content (AvgIpc) is 3.08. The van der Waals surface area contributed by atoms with Gasteiger partial charge in [0.15, 0.2) is 6.61 Å². The summed E-state index contributed by atoms with van der Waals surface area (Å²) >= 11 is 0. The van der Waals surface area contributed by atoms with Crippen LogP contribution in [0, 0.1) is 0 Å². The topological polar surface area (TPSA) is 72.4 Å². The van der Waals surface area contributed by atoms with Crippen LogP contribution < -0.4 is 15.4 Å². The standard InChI is InChI=1S/C21H21N3O3/c1-2-24-10-9-15-11-16(4-7-19(15)24)22-21(26)13-27-17-5-6-18-14(12-17)3-8-20(25)23-18/h4-7,9-12H,2-3,8,13H2,1H3,(H,22,26)(H,23,25). The van der Waals surface area contributed by atoms with Crippen molar-refractivity contribution in [3.63, 3.8) is 0 Å². The number of rotatable bonds is 5. The van der Waals surface area contributed by atoms with Crippen molar-refractivity contribution in [1.82, 2.24) is 4.57 Å². The Hall–Kier alpha value is -3.28. The number of hydrogen-bond acceptors (Lipinski definition) is 3. The largest absolute Gasteiger partial charge is 0.484 e. The van der Waals surface area contributed by atoms with Crippen LogP contribution in [0.25, 0.3) is 10.9 Å². The Balaban J connectivity index is 1.38. The van der Waals surface area contributed by atoms with Crippen LogP contribution in [0.3, 0.4) is 0 Å². The van der Waals surface area contributed by atoms with Crippen molar-refractivity contribution in [3.8, 4) is 5.75 Å². The van der Waals surface area contributed by atoms with Crippen molar-refractivity contribution in [2.45, 2.75) is 26.3 Å². The lowest BCUT2D eigenvalue weighted by molar-refractivity contribution is -0.118. The van der Waals surface area contributed by atoms with Crippen LogP contribution in [0.5, 0.6) is 5.75 Å². The van der Waals surface area contributed by atoms with E-state index in [1.54, 1.807) is 6.07 Å². The van der Waals surface area contributed by atoms with Gasteiger partial charge in [-0.1, -0.05) is 0 Å². The first-order valence-electron chi connectivity index (χ1n) is 9.06. The summed E-state index contributed by atoms with van der Waals surface area (Å²) in [6.07, 6.45) is 3.19. The second kappa shape index (κ2) is 7.15. The second-order valence-corrected chi connectivity index (χ2v) is 6.58. The van der Waals surface area contributed by atoms with E-state index in [2.05, 4.69) is 22.1 Å². The Bertz CT molecular complexity index is 1020. The van der Waals surface area contributed by atoms with Gasteiger partial charge in [-0.3, -0.25) is 9.59 Å². The number of nitrogens with zero attached hydrogens (tertiary/aromatic N) is 1. The van der Waals surface area contributed by atoms with E-state index >= 15 is 0 Å². The van der Waals surface area contributed by atoms with Gasteiger partial charge < -0.3 is 19.9 Å². The van der Waals surface area contributed by atoms with Crippen LogP contribution in [0.2, 0.25) is 0 Å². The first kappa shape index (κ1) is 17.1. The monoisotopic (exact) mass is 363 g/mol. The lowest BCUT2D eigenvalue weighted by atomic mass is 10.0. The van der Waals surface area contributed by atoms with E-state index in [0.29, 0.717) is 18.6 Å². The first-order valence-corrected chi connectivity index (χ1v) is 9.06. The lowest BCUT2D eigenvalue weighted by Crippen LogP contribution is -2.21. The highest BCUT2D eigenvalue weighted by atomic mass is 16.5. The molecule has 2 aromatic carbocycles. The summed E-state index contributed by atoms with van der Waals surface area (Å²) in [5.74, 6) is 0.438. The van der Waals surface area contributed by atoms with E-state index in [-0.39, 0.29) is 18.4 Å². The fourth-order valence-corrected chi connectivity index (χ4v) is 3.35. The summed E-state index contributed by atoms with van der Waals surface area (Å²) in [6.45, 7) is 2.94. The van der Waals surface area contributed by atoms with Gasteiger partial charge in [0, 0.05) is 41.4 Å². The van der Waals surface area contributed by atoms with Gasteiger partial charge in [0.2, 0.25) is 5.91 Å². The van der Waals surface area contributed by atoms with Gasteiger partial charge in [-0.25, -0.2) is 0 Å². The normalized spacial score (nSPS) is 13.1. The highest BCUT2D eigenvalue weighted by Gasteiger charge is 2.15. The fourth-order valence-electron chi connectivity index (χ4n) is 3.35. The number of hydrogen-bond donors (Lipinski definition) is 2. The Kier molecular flexibility index (Phi) is 4.54. The highest BCUT2D eigenvalue weighted by molar-refractivity contribution is 5.95. The summed E-state index contributed by atoms with van der Waals surface area (Å²) in [7, 11) is 0. The van der Waals surface area contributed by atoms with Gasteiger partial charge in [0.1, 0.15) is 5.75 Å². The van der Waals surface area contributed by atoms with E-state index in [1.807, 2.05) is 42.6 Å². The second-order valence-electron chi connectivity index (χ2n) is 6.58. The van der Waals surface area contributed by atoms with Gasteiger partial charge in [0.05, 0.1) is 0 Å². The Labute approximate surface area is 157 Å². The summed E-state index contributed by atoms with van der Waals surface area (Å²) in [6, 6.07) is 13.4. The van der Waals surface area contributed by atoms with Crippen molar-refractivity contribution >= 4 is 34.1 Å². The molecule has 0 atom stereocenters. The molecule has 6 nitrogen and oxygen atoms in total. The third-order valence-electron chi connectivity index (χ3n) is 4.74. The Morgan fingerprint density at radius 2 is 2.07 bits per heavy atom. The van der Waals surface area contributed by atoms with Crippen LogP contribution in [0.1, 0.15) is 18.9 Å². The lowest BCUT2D eigenvalue weighted by Gasteiger charge is -2.17. The third-order valence-corrected chi connectivity index (χ3v) is 4.74. The maximum absolute atomic E-state index is 12.2. The molecule has 2 N–H and O–H groups in total. The molecule has 0 unspecified atom stereocenters. The molecule has 0 radical (unpaired) electrons. The molecular formula is C21H21N3O3. The number of carbonyl (C=O) groups is 2. The molecule has 0 aliphatic carbocycles. The minimum atomic E-state index is -0.213. The van der Waals surface area contributed by atoms with Crippen LogP contribution in [-0.4, -0.2) is 23.0 Å². The zero-order chi connectivity index (χ0) is 18.8. The van der Waals surface area contributed by atoms with E-state index in [1.165, 1.54) is 0 Å². The first-order chi connectivity index (χ1) is 13.1. The van der Waals surface area contributed by atoms with Crippen LogP contribution in [-0.2, 0) is 22.6 Å². The van der Waals surface area contributed by atoms with Gasteiger partial charge in [-0.05, 0) is 61.4 Å². The molecule has 138 valence electrons. The average molecular weight is 363 g/mol. The number of nitrogens with one attached hydrogen (secondary N) is 2. The van der Waals surface area contributed by atoms with E-state index < -0.39 is 0 Å². The molecule has 0 fully saturated rings. The third kappa shape index (κ3) is 3.65. The molecule has 0 saturated carbocycles. The number of fused-ring (bicyclic) bond motifs is 2. The Morgan fingerprint density at radius 3 is 2.93 bits per heavy atom. The number of carbonyl (C=O) groups excluding carboxylic acids is 2. The summed E-state index contributed by atoms with van der Waals surface area (Å²) in [5.41, 5.74) is 3.74. The summed E-state index contributed by atoms with van der Waals surface area (Å²) < 4.78 is 7.77. The maximum Gasteiger partial charge on any atom is 0.262 e. The Morgan fingerprint density at radius 1 is 1.19 bits per heavy atom.